The molecule has 2 fully saturated rings. The Morgan fingerprint density at radius 2 is 2.00 bits per heavy atom. The maximum Gasteiger partial charge on any atom is 0.238 e. The summed E-state index contributed by atoms with van der Waals surface area (Å²) in [5.74, 6) is -0.448. The Morgan fingerprint density at radius 3 is 2.62 bits per heavy atom. The first kappa shape index (κ1) is 14.0. The van der Waals surface area contributed by atoms with Gasteiger partial charge in [0, 0.05) is 32.6 Å². The van der Waals surface area contributed by atoms with Crippen molar-refractivity contribution in [3.8, 4) is 0 Å². The fourth-order valence-electron chi connectivity index (χ4n) is 2.87. The van der Waals surface area contributed by atoms with E-state index in [1.165, 1.54) is 0 Å². The van der Waals surface area contributed by atoms with Crippen LogP contribution in [0.2, 0.25) is 0 Å². The maximum atomic E-state index is 12.1. The van der Waals surface area contributed by atoms with Crippen molar-refractivity contribution < 1.29 is 9.59 Å². The van der Waals surface area contributed by atoms with E-state index in [1.54, 1.807) is 0 Å². The van der Waals surface area contributed by atoms with Gasteiger partial charge in [-0.1, -0.05) is 0 Å². The number of aromatic nitrogens is 1. The van der Waals surface area contributed by atoms with Gasteiger partial charge in [-0.05, 0) is 25.5 Å². The third-order valence-electron chi connectivity index (χ3n) is 4.40. The van der Waals surface area contributed by atoms with Crippen LogP contribution in [0.15, 0.2) is 18.3 Å². The molecule has 1 aromatic heterocycles. The number of piperazine rings is 1. The number of nitrogens with one attached hydrogen (secondary N) is 2. The third kappa shape index (κ3) is 2.63. The van der Waals surface area contributed by atoms with Crippen molar-refractivity contribution in [1.29, 1.82) is 0 Å². The Balaban J connectivity index is 1.80. The molecule has 2 N–H and O–H groups in total. The molecule has 0 bridgehead atoms. The number of anilines is 1. The summed E-state index contributed by atoms with van der Waals surface area (Å²) in [6, 6.07) is 3.93. The summed E-state index contributed by atoms with van der Waals surface area (Å²) in [6.45, 7) is 5.73. The molecule has 1 aromatic rings. The minimum Gasteiger partial charge on any atom is -0.368 e. The maximum absolute atomic E-state index is 12.1. The predicted octanol–water partition coefficient (Wildman–Crippen LogP) is 0.186. The summed E-state index contributed by atoms with van der Waals surface area (Å²) in [4.78, 5) is 30.2. The lowest BCUT2D eigenvalue weighted by Crippen LogP contribution is -2.50. The van der Waals surface area contributed by atoms with Gasteiger partial charge in [0.25, 0.3) is 0 Å². The molecule has 6 nitrogen and oxygen atoms in total. The van der Waals surface area contributed by atoms with Gasteiger partial charge in [0.15, 0.2) is 0 Å². The summed E-state index contributed by atoms with van der Waals surface area (Å²) in [7, 11) is 0. The zero-order chi connectivity index (χ0) is 14.9. The standard InChI is InChI=1S/C15H20N4O2/c1-15(5-4-13(20)18-14(15)21)12-3-2-11(10-17-12)19-8-6-16-7-9-19/h2-3,10,16H,4-9H2,1H3,(H,18,20,21)/t15-/m1/s1. The van der Waals surface area contributed by atoms with E-state index in [1.807, 2.05) is 25.3 Å². The van der Waals surface area contributed by atoms with Gasteiger partial charge in [-0.15, -0.1) is 0 Å². The summed E-state index contributed by atoms with van der Waals surface area (Å²) < 4.78 is 0. The van der Waals surface area contributed by atoms with Crippen molar-refractivity contribution in [3.63, 3.8) is 0 Å². The second-order valence-corrected chi connectivity index (χ2v) is 5.85. The van der Waals surface area contributed by atoms with Crippen LogP contribution in [0.4, 0.5) is 5.69 Å². The number of carbonyl (C=O) groups is 2. The molecule has 2 saturated heterocycles. The highest BCUT2D eigenvalue weighted by Gasteiger charge is 2.41. The van der Waals surface area contributed by atoms with Crippen LogP contribution < -0.4 is 15.5 Å². The average Bonchev–Trinajstić information content (AvgIpc) is 2.52. The average molecular weight is 288 g/mol. The molecule has 0 radical (unpaired) electrons. The largest absolute Gasteiger partial charge is 0.368 e. The first-order valence-corrected chi connectivity index (χ1v) is 7.36. The number of pyridine rings is 1. The lowest BCUT2D eigenvalue weighted by atomic mass is 9.78. The Labute approximate surface area is 123 Å². The van der Waals surface area contributed by atoms with Crippen molar-refractivity contribution in [2.45, 2.75) is 25.2 Å². The molecule has 2 amide bonds. The second-order valence-electron chi connectivity index (χ2n) is 5.85. The smallest absolute Gasteiger partial charge is 0.238 e. The quantitative estimate of drug-likeness (QED) is 0.760. The van der Waals surface area contributed by atoms with Gasteiger partial charge in [-0.25, -0.2) is 0 Å². The zero-order valence-electron chi connectivity index (χ0n) is 12.2. The van der Waals surface area contributed by atoms with Crippen molar-refractivity contribution in [3.05, 3.63) is 24.0 Å². The minimum absolute atomic E-state index is 0.199. The van der Waals surface area contributed by atoms with E-state index >= 15 is 0 Å². The van der Waals surface area contributed by atoms with Crippen LogP contribution in [0.1, 0.15) is 25.5 Å². The Hall–Kier alpha value is -1.95. The number of rotatable bonds is 2. The fourth-order valence-corrected chi connectivity index (χ4v) is 2.87. The second kappa shape index (κ2) is 5.44. The van der Waals surface area contributed by atoms with Crippen LogP contribution >= 0.6 is 0 Å². The molecule has 0 saturated carbocycles. The van der Waals surface area contributed by atoms with Gasteiger partial charge < -0.3 is 10.2 Å². The van der Waals surface area contributed by atoms with Crippen LogP contribution in [0.5, 0.6) is 0 Å². The normalized spacial score (nSPS) is 26.6. The molecular formula is C15H20N4O2. The summed E-state index contributed by atoms with van der Waals surface area (Å²) in [5, 5.41) is 5.73. The first-order valence-electron chi connectivity index (χ1n) is 7.36. The minimum atomic E-state index is -0.712. The van der Waals surface area contributed by atoms with Crippen LogP contribution in [0.25, 0.3) is 0 Å². The molecular weight excluding hydrogens is 268 g/mol. The summed E-state index contributed by atoms with van der Waals surface area (Å²) >= 11 is 0. The molecule has 0 aromatic carbocycles. The summed E-state index contributed by atoms with van der Waals surface area (Å²) in [5.41, 5.74) is 1.10. The lowest BCUT2D eigenvalue weighted by Gasteiger charge is -2.32. The van der Waals surface area contributed by atoms with Gasteiger partial charge >= 0.3 is 0 Å². The molecule has 0 aliphatic carbocycles. The molecule has 112 valence electrons. The van der Waals surface area contributed by atoms with Gasteiger partial charge in [0.1, 0.15) is 0 Å². The van der Waals surface area contributed by atoms with Crippen molar-refractivity contribution >= 4 is 17.5 Å². The van der Waals surface area contributed by atoms with Gasteiger partial charge in [0.05, 0.1) is 23.0 Å². The number of imide groups is 1. The molecule has 3 heterocycles. The third-order valence-corrected chi connectivity index (χ3v) is 4.40. The number of amides is 2. The van der Waals surface area contributed by atoms with Crippen molar-refractivity contribution in [2.75, 3.05) is 31.1 Å². The Bertz CT molecular complexity index is 551. The van der Waals surface area contributed by atoms with E-state index in [2.05, 4.69) is 20.5 Å². The molecule has 21 heavy (non-hydrogen) atoms. The Morgan fingerprint density at radius 1 is 1.24 bits per heavy atom. The molecule has 0 unspecified atom stereocenters. The number of hydrogen-bond acceptors (Lipinski definition) is 5. The molecule has 2 aliphatic rings. The van der Waals surface area contributed by atoms with E-state index in [9.17, 15) is 9.59 Å². The first-order chi connectivity index (χ1) is 10.1. The summed E-state index contributed by atoms with van der Waals surface area (Å²) in [6.07, 6.45) is 2.71. The topological polar surface area (TPSA) is 74.3 Å². The Kier molecular flexibility index (Phi) is 3.63. The molecule has 6 heteroatoms. The van der Waals surface area contributed by atoms with Crippen molar-refractivity contribution in [1.82, 2.24) is 15.6 Å². The molecule has 1 atom stereocenters. The van der Waals surface area contributed by atoms with E-state index < -0.39 is 5.41 Å². The van der Waals surface area contributed by atoms with Crippen LogP contribution in [0.3, 0.4) is 0 Å². The monoisotopic (exact) mass is 288 g/mol. The highest BCUT2D eigenvalue weighted by molar-refractivity contribution is 6.02. The van der Waals surface area contributed by atoms with Crippen LogP contribution in [-0.2, 0) is 15.0 Å². The van der Waals surface area contributed by atoms with Crippen molar-refractivity contribution in [2.24, 2.45) is 0 Å². The van der Waals surface area contributed by atoms with Gasteiger partial charge in [-0.2, -0.15) is 0 Å². The lowest BCUT2D eigenvalue weighted by molar-refractivity contribution is -0.137. The van der Waals surface area contributed by atoms with E-state index in [0.29, 0.717) is 12.8 Å². The fraction of sp³-hybridized carbons (Fsp3) is 0.533. The van der Waals surface area contributed by atoms with Crippen LogP contribution in [0, 0.1) is 0 Å². The predicted molar refractivity (Wildman–Crippen MR) is 79.1 cm³/mol. The molecule has 0 spiro atoms. The SMILES string of the molecule is C[C@]1(c2ccc(N3CCNCC3)cn2)CCC(=O)NC1=O. The highest BCUT2D eigenvalue weighted by Crippen LogP contribution is 2.31. The van der Waals surface area contributed by atoms with E-state index in [-0.39, 0.29) is 11.8 Å². The zero-order valence-corrected chi connectivity index (χ0v) is 12.2. The number of piperidine rings is 1. The van der Waals surface area contributed by atoms with Gasteiger partial charge in [-0.3, -0.25) is 19.9 Å². The van der Waals surface area contributed by atoms with Crippen LogP contribution in [-0.4, -0.2) is 43.0 Å². The van der Waals surface area contributed by atoms with Gasteiger partial charge in [0.2, 0.25) is 11.8 Å². The molecule has 3 rings (SSSR count). The number of carbonyl (C=O) groups excluding carboxylic acids is 2. The molecule has 2 aliphatic heterocycles. The highest BCUT2D eigenvalue weighted by atomic mass is 16.2. The van der Waals surface area contributed by atoms with E-state index in [4.69, 9.17) is 0 Å². The number of nitrogens with zero attached hydrogens (tertiary/aromatic N) is 2. The van der Waals surface area contributed by atoms with E-state index in [0.717, 1.165) is 37.6 Å². The number of hydrogen-bond donors (Lipinski definition) is 2.